The van der Waals surface area contributed by atoms with Crippen molar-refractivity contribution < 1.29 is 58.1 Å². The fraction of sp³-hybridized carbons (Fsp3) is 0.489. The van der Waals surface area contributed by atoms with Crippen LogP contribution >= 0.6 is 0 Å². The van der Waals surface area contributed by atoms with Crippen LogP contribution in [0.1, 0.15) is 117 Å². The molecular formula is C45H61N7O12. The van der Waals surface area contributed by atoms with Crippen LogP contribution in [0.2, 0.25) is 0 Å². The second kappa shape index (κ2) is 23.8. The van der Waals surface area contributed by atoms with Crippen molar-refractivity contribution in [3.63, 3.8) is 0 Å². The first-order valence-electron chi connectivity index (χ1n) is 20.9. The van der Waals surface area contributed by atoms with Gasteiger partial charge in [-0.05, 0) is 103 Å². The summed E-state index contributed by atoms with van der Waals surface area (Å²) < 4.78 is 6.03. The molecule has 64 heavy (non-hydrogen) atoms. The molecule has 19 nitrogen and oxygen atoms in total. The van der Waals surface area contributed by atoms with E-state index in [1.807, 2.05) is 13.8 Å². The highest BCUT2D eigenvalue weighted by molar-refractivity contribution is 6.38. The van der Waals surface area contributed by atoms with Crippen molar-refractivity contribution >= 4 is 58.8 Å². The first-order valence-corrected chi connectivity index (χ1v) is 20.9. The van der Waals surface area contributed by atoms with Crippen molar-refractivity contribution in [1.29, 1.82) is 0 Å². The lowest BCUT2D eigenvalue weighted by Crippen LogP contribution is -2.44. The Labute approximate surface area is 373 Å². The lowest BCUT2D eigenvalue weighted by molar-refractivity contribution is -0.184. The Hall–Kier alpha value is -6.47. The van der Waals surface area contributed by atoms with Gasteiger partial charge >= 0.3 is 11.9 Å². The summed E-state index contributed by atoms with van der Waals surface area (Å²) in [6.07, 6.45) is 1.09. The third-order valence-corrected chi connectivity index (χ3v) is 10.3. The summed E-state index contributed by atoms with van der Waals surface area (Å²) in [5.74, 6) is -5.62. The Morgan fingerprint density at radius 2 is 1.41 bits per heavy atom. The van der Waals surface area contributed by atoms with E-state index >= 15 is 0 Å². The predicted octanol–water partition coefficient (Wildman–Crippen LogP) is 3.63. The maximum absolute atomic E-state index is 12.9. The molecule has 2 aromatic carbocycles. The number of carbonyl (C=O) groups is 8. The van der Waals surface area contributed by atoms with Crippen LogP contribution in [0.3, 0.4) is 0 Å². The van der Waals surface area contributed by atoms with E-state index in [1.54, 1.807) is 69.1 Å². The molecule has 0 spiro atoms. The molecular weight excluding hydrogens is 831 g/mol. The molecule has 0 saturated heterocycles. The van der Waals surface area contributed by atoms with E-state index in [9.17, 15) is 48.6 Å². The Balaban J connectivity index is 1.34. The van der Waals surface area contributed by atoms with Gasteiger partial charge in [-0.1, -0.05) is 18.7 Å². The zero-order valence-corrected chi connectivity index (χ0v) is 37.6. The predicted molar refractivity (Wildman–Crippen MR) is 237 cm³/mol. The second-order valence-corrected chi connectivity index (χ2v) is 16.6. The largest absolute Gasteiger partial charge is 0.480 e. The molecule has 0 aromatic heterocycles. The zero-order valence-electron chi connectivity index (χ0n) is 37.6. The van der Waals surface area contributed by atoms with Gasteiger partial charge in [0, 0.05) is 51.2 Å². The number of ether oxygens (including phenoxy) is 1. The average molecular weight is 892 g/mol. The number of benzene rings is 2. The third-order valence-electron chi connectivity index (χ3n) is 10.3. The molecule has 0 aliphatic carbocycles. The molecule has 19 heteroatoms. The quantitative estimate of drug-likeness (QED) is 0.0426. The summed E-state index contributed by atoms with van der Waals surface area (Å²) >= 11 is 0. The molecule has 0 saturated carbocycles. The molecule has 0 bridgehead atoms. The van der Waals surface area contributed by atoms with Gasteiger partial charge in [-0.15, -0.1) is 5.06 Å². The Kier molecular flexibility index (Phi) is 19.3. The molecule has 6 N–H and O–H groups in total. The number of amides is 6. The SMILES string of the molecule is C=C(CN(C)c1ccc(C(=O)N[C@H](CCC(=O)N[C@@H](CCCCNC(=O)CCC(C)(C)OCCC(C)(C)ON2C(=O)c3ccccc3C2=O)C(=O)O)C(=O)O)cc1)N=C(C)C(=O)NC. The van der Waals surface area contributed by atoms with Gasteiger partial charge in [-0.3, -0.25) is 38.6 Å². The zero-order chi connectivity index (χ0) is 47.8. The minimum absolute atomic E-state index is 0.0617. The normalized spacial score (nSPS) is 13.7. The number of hydroxylamine groups is 2. The maximum atomic E-state index is 12.9. The van der Waals surface area contributed by atoms with Crippen LogP contribution in [0.4, 0.5) is 5.69 Å². The highest BCUT2D eigenvalue weighted by Gasteiger charge is 2.40. The van der Waals surface area contributed by atoms with E-state index in [2.05, 4.69) is 32.8 Å². The molecule has 1 heterocycles. The summed E-state index contributed by atoms with van der Waals surface area (Å²) in [6.45, 7) is 13.4. The number of aliphatic imine (C=N–C) groups is 1. The molecule has 348 valence electrons. The number of carboxylic acids is 2. The van der Waals surface area contributed by atoms with Crippen LogP contribution in [-0.2, 0) is 33.5 Å². The number of fused-ring (bicyclic) bond motifs is 1. The van der Waals surface area contributed by atoms with E-state index < -0.39 is 58.9 Å². The molecule has 3 rings (SSSR count). The number of unbranched alkanes of at least 4 members (excludes halogenated alkanes) is 1. The Morgan fingerprint density at radius 3 is 1.98 bits per heavy atom. The van der Waals surface area contributed by atoms with E-state index in [1.165, 1.54) is 19.2 Å². The van der Waals surface area contributed by atoms with Crippen LogP contribution in [0.25, 0.3) is 0 Å². The average Bonchev–Trinajstić information content (AvgIpc) is 3.47. The Morgan fingerprint density at radius 1 is 0.812 bits per heavy atom. The molecule has 1 aliphatic rings. The summed E-state index contributed by atoms with van der Waals surface area (Å²) in [5, 5.41) is 30.3. The van der Waals surface area contributed by atoms with E-state index in [0.29, 0.717) is 37.1 Å². The Bertz CT molecular complexity index is 2050. The number of anilines is 1. The highest BCUT2D eigenvalue weighted by atomic mass is 16.7. The summed E-state index contributed by atoms with van der Waals surface area (Å²) in [4.78, 5) is 111. The summed E-state index contributed by atoms with van der Waals surface area (Å²) in [5.41, 5.74) is 0.537. The molecule has 2 atom stereocenters. The van der Waals surface area contributed by atoms with Crippen LogP contribution in [-0.4, -0.2) is 125 Å². The van der Waals surface area contributed by atoms with Crippen molar-refractivity contribution in [3.05, 3.63) is 77.5 Å². The van der Waals surface area contributed by atoms with Crippen molar-refractivity contribution in [2.45, 2.75) is 109 Å². The number of carbonyl (C=O) groups excluding carboxylic acids is 6. The van der Waals surface area contributed by atoms with E-state index in [0.717, 1.165) is 5.06 Å². The molecule has 2 aromatic rings. The van der Waals surface area contributed by atoms with Crippen LogP contribution in [0, 0.1) is 0 Å². The fourth-order valence-corrected chi connectivity index (χ4v) is 6.43. The van der Waals surface area contributed by atoms with Gasteiger partial charge in [0.2, 0.25) is 11.8 Å². The number of rotatable bonds is 27. The smallest absolute Gasteiger partial charge is 0.326 e. The standard InChI is InChI=1S/C45H61N7O12/c1-28(48-29(2)38(55)46-7)27-51(8)31-18-16-30(17-19-31)39(56)50-35(43(61)62)20-21-37(54)49-34(42(59)60)15-11-12-25-47-36(53)22-23-44(3,4)63-26-24-45(5,6)64-52-40(57)32-13-9-10-14-33(32)41(52)58/h9-10,13-14,16-19,34-35H,1,11-12,15,20-27H2,2-8H3,(H,46,55)(H,47,53)(H,49,54)(H,50,56)(H,59,60)(H,61,62)/t34-,35+/m0/s1. The third kappa shape index (κ3) is 16.3. The highest BCUT2D eigenvalue weighted by Crippen LogP contribution is 2.28. The number of hydrogen-bond donors (Lipinski definition) is 6. The van der Waals surface area contributed by atoms with E-state index in [4.69, 9.17) is 9.57 Å². The number of carboxylic acid groups (broad SMARTS) is 2. The topological polar surface area (TPSA) is 262 Å². The van der Waals surface area contributed by atoms with Gasteiger partial charge in [0.25, 0.3) is 23.6 Å². The molecule has 0 fully saturated rings. The first kappa shape index (κ1) is 51.9. The van der Waals surface area contributed by atoms with Gasteiger partial charge < -0.3 is 41.1 Å². The minimum atomic E-state index is -1.43. The maximum Gasteiger partial charge on any atom is 0.326 e. The van der Waals surface area contributed by atoms with Gasteiger partial charge in [-0.2, -0.15) is 0 Å². The van der Waals surface area contributed by atoms with Crippen molar-refractivity contribution in [3.8, 4) is 0 Å². The van der Waals surface area contributed by atoms with Gasteiger partial charge in [0.1, 0.15) is 17.8 Å². The minimum Gasteiger partial charge on any atom is -0.480 e. The van der Waals surface area contributed by atoms with E-state index in [-0.39, 0.29) is 79.6 Å². The van der Waals surface area contributed by atoms with Crippen molar-refractivity contribution in [2.24, 2.45) is 4.99 Å². The number of hydrogen-bond acceptors (Lipinski definition) is 12. The van der Waals surface area contributed by atoms with Crippen LogP contribution in [0.15, 0.2) is 65.8 Å². The lowest BCUT2D eigenvalue weighted by Gasteiger charge is -2.31. The van der Waals surface area contributed by atoms with Crippen molar-refractivity contribution in [1.82, 2.24) is 26.3 Å². The van der Waals surface area contributed by atoms with Crippen LogP contribution in [0.5, 0.6) is 0 Å². The van der Waals surface area contributed by atoms with Gasteiger partial charge in [-0.25, -0.2) is 9.59 Å². The lowest BCUT2D eigenvalue weighted by atomic mass is 10.0. The fourth-order valence-electron chi connectivity index (χ4n) is 6.43. The van der Waals surface area contributed by atoms with Crippen LogP contribution < -0.4 is 26.2 Å². The second-order valence-electron chi connectivity index (χ2n) is 16.6. The molecule has 0 radical (unpaired) electrons. The number of aliphatic carboxylic acids is 2. The van der Waals surface area contributed by atoms with Gasteiger partial charge in [0.05, 0.1) is 41.2 Å². The number of nitrogens with zero attached hydrogens (tertiary/aromatic N) is 3. The number of imide groups is 1. The molecule has 6 amide bonds. The van der Waals surface area contributed by atoms with Gasteiger partial charge in [0.15, 0.2) is 0 Å². The monoisotopic (exact) mass is 891 g/mol. The summed E-state index contributed by atoms with van der Waals surface area (Å²) in [7, 11) is 3.27. The van der Waals surface area contributed by atoms with Crippen molar-refractivity contribution in [2.75, 3.05) is 38.7 Å². The number of likely N-dealkylation sites (N-methyl/N-ethyl adjacent to an activating group) is 1. The first-order chi connectivity index (χ1) is 30.0. The summed E-state index contributed by atoms with van der Waals surface area (Å²) in [6, 6.07) is 10.1. The molecule has 0 unspecified atom stereocenters. The molecule has 1 aliphatic heterocycles. The number of nitrogens with one attached hydrogen (secondary N) is 4.